The maximum atomic E-state index is 12.5. The van der Waals surface area contributed by atoms with Gasteiger partial charge in [-0.3, -0.25) is 14.5 Å². The number of fused-ring (bicyclic) bond motifs is 1. The van der Waals surface area contributed by atoms with Crippen LogP contribution in [0, 0.1) is 0 Å². The van der Waals surface area contributed by atoms with Gasteiger partial charge in [-0.15, -0.1) is 0 Å². The Morgan fingerprint density at radius 3 is 2.65 bits per heavy atom. The number of hydrogen-bond donors (Lipinski definition) is 1. The van der Waals surface area contributed by atoms with Gasteiger partial charge in [-0.2, -0.15) is 5.10 Å². The Kier molecular flexibility index (Phi) is 5.88. The second-order valence-electron chi connectivity index (χ2n) is 6.78. The van der Waals surface area contributed by atoms with E-state index in [1.54, 1.807) is 53.3 Å². The number of nitrogens with zero attached hydrogens (tertiary/aromatic N) is 4. The molecule has 2 amide bonds. The van der Waals surface area contributed by atoms with Gasteiger partial charge in [0.1, 0.15) is 5.82 Å². The molecule has 9 heteroatoms. The number of pyridine rings is 2. The lowest BCUT2D eigenvalue weighted by Crippen LogP contribution is -2.24. The summed E-state index contributed by atoms with van der Waals surface area (Å²) in [7, 11) is 0. The molecule has 7 nitrogen and oxygen atoms in total. The van der Waals surface area contributed by atoms with Gasteiger partial charge in [-0.25, -0.2) is 9.50 Å². The number of carbonyl (C=O) groups is 2. The highest BCUT2D eigenvalue weighted by Gasteiger charge is 2.20. The van der Waals surface area contributed by atoms with Crippen molar-refractivity contribution in [2.45, 2.75) is 13.3 Å². The monoisotopic (exact) mass is 453 g/mol. The average Bonchev–Trinajstić information content (AvgIpc) is 3.17. The van der Waals surface area contributed by atoms with Crippen molar-refractivity contribution in [2.75, 3.05) is 10.2 Å². The van der Waals surface area contributed by atoms with Crippen LogP contribution in [0.3, 0.4) is 0 Å². The molecule has 0 saturated heterocycles. The summed E-state index contributed by atoms with van der Waals surface area (Å²) in [5, 5.41) is 7.82. The van der Waals surface area contributed by atoms with E-state index in [4.69, 9.17) is 23.2 Å². The molecule has 156 valence electrons. The fourth-order valence-corrected chi connectivity index (χ4v) is 3.63. The second-order valence-corrected chi connectivity index (χ2v) is 7.60. The summed E-state index contributed by atoms with van der Waals surface area (Å²) in [6.45, 7) is 1.42. The first-order valence-corrected chi connectivity index (χ1v) is 10.1. The van der Waals surface area contributed by atoms with Crippen molar-refractivity contribution in [3.8, 4) is 0 Å². The molecule has 0 aliphatic rings. The van der Waals surface area contributed by atoms with Gasteiger partial charge in [0.15, 0.2) is 0 Å². The Morgan fingerprint density at radius 2 is 1.87 bits per heavy atom. The van der Waals surface area contributed by atoms with Crippen LogP contribution in [0.25, 0.3) is 5.52 Å². The highest BCUT2D eigenvalue weighted by Crippen LogP contribution is 2.33. The zero-order valence-electron chi connectivity index (χ0n) is 16.4. The summed E-state index contributed by atoms with van der Waals surface area (Å²) in [5.74, 6) is -0.190. The summed E-state index contributed by atoms with van der Waals surface area (Å²) >= 11 is 12.5. The van der Waals surface area contributed by atoms with E-state index in [1.165, 1.54) is 18.0 Å². The van der Waals surface area contributed by atoms with E-state index in [2.05, 4.69) is 15.4 Å². The van der Waals surface area contributed by atoms with E-state index >= 15 is 0 Å². The predicted molar refractivity (Wildman–Crippen MR) is 121 cm³/mol. The van der Waals surface area contributed by atoms with Crippen molar-refractivity contribution in [1.29, 1.82) is 0 Å². The van der Waals surface area contributed by atoms with E-state index in [0.29, 0.717) is 27.2 Å². The number of hydrogen-bond acceptors (Lipinski definition) is 4. The molecule has 3 aromatic heterocycles. The number of halogens is 2. The molecule has 0 bridgehead atoms. The Hall–Kier alpha value is -3.42. The van der Waals surface area contributed by atoms with E-state index in [1.807, 2.05) is 12.1 Å². The van der Waals surface area contributed by atoms with Crippen LogP contribution < -0.4 is 10.2 Å². The molecule has 31 heavy (non-hydrogen) atoms. The zero-order valence-corrected chi connectivity index (χ0v) is 17.9. The maximum Gasteiger partial charge on any atom is 0.229 e. The average molecular weight is 454 g/mol. The van der Waals surface area contributed by atoms with Gasteiger partial charge in [-0.1, -0.05) is 41.4 Å². The molecule has 0 fully saturated rings. The second kappa shape index (κ2) is 8.75. The van der Waals surface area contributed by atoms with Crippen LogP contribution in [-0.4, -0.2) is 26.4 Å². The highest BCUT2D eigenvalue weighted by molar-refractivity contribution is 6.34. The van der Waals surface area contributed by atoms with Gasteiger partial charge in [0.2, 0.25) is 11.8 Å². The maximum absolute atomic E-state index is 12.5. The largest absolute Gasteiger partial charge is 0.326 e. The summed E-state index contributed by atoms with van der Waals surface area (Å²) in [6, 6.07) is 14.0. The number of carbonyl (C=O) groups excluding carboxylic acids is 2. The molecule has 0 saturated carbocycles. The number of nitrogens with one attached hydrogen (secondary N) is 1. The van der Waals surface area contributed by atoms with Crippen LogP contribution in [0.2, 0.25) is 10.0 Å². The quantitative estimate of drug-likeness (QED) is 0.465. The van der Waals surface area contributed by atoms with Crippen molar-refractivity contribution >= 4 is 57.7 Å². The van der Waals surface area contributed by atoms with Crippen LogP contribution in [-0.2, 0) is 16.0 Å². The topological polar surface area (TPSA) is 79.6 Å². The van der Waals surface area contributed by atoms with Gasteiger partial charge < -0.3 is 5.32 Å². The lowest BCUT2D eigenvalue weighted by molar-refractivity contribution is -0.116. The van der Waals surface area contributed by atoms with E-state index < -0.39 is 0 Å². The molecule has 1 aromatic carbocycles. The summed E-state index contributed by atoms with van der Waals surface area (Å²) < 4.78 is 1.61. The van der Waals surface area contributed by atoms with Gasteiger partial charge in [-0.05, 0) is 29.8 Å². The van der Waals surface area contributed by atoms with Crippen molar-refractivity contribution in [2.24, 2.45) is 0 Å². The first-order valence-electron chi connectivity index (χ1n) is 9.35. The molecule has 0 spiro atoms. The molecule has 0 aliphatic carbocycles. The Balaban J connectivity index is 1.62. The number of rotatable bonds is 5. The fourth-order valence-electron chi connectivity index (χ4n) is 3.19. The molecular weight excluding hydrogens is 437 g/mol. The van der Waals surface area contributed by atoms with E-state index in [0.717, 1.165) is 11.1 Å². The number of benzene rings is 1. The number of aromatic nitrogens is 3. The molecule has 4 aromatic rings. The highest BCUT2D eigenvalue weighted by atomic mass is 35.5. The Bertz CT molecular complexity index is 1290. The van der Waals surface area contributed by atoms with Crippen molar-refractivity contribution in [3.63, 3.8) is 0 Å². The predicted octanol–water partition coefficient (Wildman–Crippen LogP) is 4.90. The molecule has 0 unspecified atom stereocenters. The molecule has 0 aliphatic heterocycles. The SMILES string of the molecule is CC(=O)N(c1cc(NC(=O)Cc2ccccc2Cl)ccn1)c1cc2ccnn2cc1Cl. The first kappa shape index (κ1) is 20.8. The lowest BCUT2D eigenvalue weighted by Gasteiger charge is -2.22. The molecule has 1 N–H and O–H groups in total. The van der Waals surface area contributed by atoms with Gasteiger partial charge >= 0.3 is 0 Å². The smallest absolute Gasteiger partial charge is 0.229 e. The minimum atomic E-state index is -0.280. The first-order chi connectivity index (χ1) is 14.9. The van der Waals surface area contributed by atoms with E-state index in [-0.39, 0.29) is 18.2 Å². The van der Waals surface area contributed by atoms with Gasteiger partial charge in [0.05, 0.1) is 22.6 Å². The fraction of sp³-hybridized carbons (Fsp3) is 0.0909. The molecule has 0 atom stereocenters. The van der Waals surface area contributed by atoms with Crippen molar-refractivity contribution in [3.05, 3.63) is 82.7 Å². The summed E-state index contributed by atoms with van der Waals surface area (Å²) in [4.78, 5) is 30.7. The third kappa shape index (κ3) is 4.52. The Morgan fingerprint density at radius 1 is 1.06 bits per heavy atom. The van der Waals surface area contributed by atoms with E-state index in [9.17, 15) is 9.59 Å². The van der Waals surface area contributed by atoms with Crippen molar-refractivity contribution < 1.29 is 9.59 Å². The van der Waals surface area contributed by atoms with Crippen molar-refractivity contribution in [1.82, 2.24) is 14.6 Å². The molecule has 4 rings (SSSR count). The van der Waals surface area contributed by atoms with Gasteiger partial charge in [0, 0.05) is 42.3 Å². The summed E-state index contributed by atoms with van der Waals surface area (Å²) in [5.41, 5.74) is 2.46. The molecule has 3 heterocycles. The van der Waals surface area contributed by atoms with Crippen LogP contribution >= 0.6 is 23.2 Å². The van der Waals surface area contributed by atoms with Crippen LogP contribution in [0.1, 0.15) is 12.5 Å². The van der Waals surface area contributed by atoms with Crippen LogP contribution in [0.15, 0.2) is 67.1 Å². The lowest BCUT2D eigenvalue weighted by atomic mass is 10.1. The van der Waals surface area contributed by atoms with Crippen LogP contribution in [0.5, 0.6) is 0 Å². The van der Waals surface area contributed by atoms with Crippen LogP contribution in [0.4, 0.5) is 17.2 Å². The molecule has 0 radical (unpaired) electrons. The summed E-state index contributed by atoms with van der Waals surface area (Å²) in [6.07, 6.45) is 4.90. The normalized spacial score (nSPS) is 10.8. The Labute approximate surface area is 188 Å². The third-order valence-electron chi connectivity index (χ3n) is 4.59. The molecular formula is C22H17Cl2N5O2. The number of anilines is 3. The third-order valence-corrected chi connectivity index (χ3v) is 5.25. The number of amides is 2. The minimum absolute atomic E-state index is 0.122. The standard InChI is InChI=1S/C22H17Cl2N5O2/c1-14(30)29(20-12-17-7-9-26-28(17)13-19(20)24)21-11-16(6-8-25-21)27-22(31)10-15-4-2-3-5-18(15)23/h2-9,11-13H,10H2,1H3,(H,25,27,31). The zero-order chi connectivity index (χ0) is 22.0. The minimum Gasteiger partial charge on any atom is -0.326 e. The van der Waals surface area contributed by atoms with Gasteiger partial charge in [0.25, 0.3) is 0 Å².